The number of hydrogen-bond acceptors (Lipinski definition) is 3. The van der Waals surface area contributed by atoms with Gasteiger partial charge in [-0.15, -0.1) is 0 Å². The molecule has 4 heteroatoms. The second-order valence-electron chi connectivity index (χ2n) is 5.24. The van der Waals surface area contributed by atoms with Crippen molar-refractivity contribution < 1.29 is 14.2 Å². The Labute approximate surface area is 126 Å². The van der Waals surface area contributed by atoms with Crippen molar-refractivity contribution in [1.29, 1.82) is 0 Å². The first kappa shape index (κ1) is 15.5. The molecule has 1 aromatic carbocycles. The van der Waals surface area contributed by atoms with Crippen LogP contribution in [0.4, 0.5) is 0 Å². The van der Waals surface area contributed by atoms with Gasteiger partial charge < -0.3 is 14.2 Å². The van der Waals surface area contributed by atoms with Gasteiger partial charge in [0, 0.05) is 6.07 Å². The molecule has 1 aliphatic heterocycles. The van der Waals surface area contributed by atoms with Crippen LogP contribution in [0.2, 0.25) is 5.02 Å². The van der Waals surface area contributed by atoms with E-state index in [9.17, 15) is 0 Å². The van der Waals surface area contributed by atoms with Gasteiger partial charge in [0.2, 0.25) is 0 Å². The Hall–Kier alpha value is -0.930. The van der Waals surface area contributed by atoms with Crippen LogP contribution < -0.4 is 9.47 Å². The second kappa shape index (κ2) is 6.68. The van der Waals surface area contributed by atoms with Gasteiger partial charge in [-0.1, -0.05) is 18.5 Å². The molecule has 1 aromatic rings. The predicted octanol–water partition coefficient (Wildman–Crippen LogP) is 4.10. The average molecular weight is 299 g/mol. The van der Waals surface area contributed by atoms with Gasteiger partial charge in [-0.25, -0.2) is 0 Å². The van der Waals surface area contributed by atoms with Gasteiger partial charge in [0.1, 0.15) is 11.5 Å². The average Bonchev–Trinajstić information content (AvgIpc) is 3.12. The molecule has 0 aliphatic carbocycles. The summed E-state index contributed by atoms with van der Waals surface area (Å²) >= 11 is 6.28. The summed E-state index contributed by atoms with van der Waals surface area (Å²) in [5.74, 6) is 2.00. The van der Waals surface area contributed by atoms with Crippen LogP contribution >= 0.6 is 11.6 Å². The molecule has 0 aromatic heterocycles. The predicted molar refractivity (Wildman–Crippen MR) is 81.0 cm³/mol. The Morgan fingerprint density at radius 1 is 1.20 bits per heavy atom. The molecule has 0 N–H and O–H groups in total. The summed E-state index contributed by atoms with van der Waals surface area (Å²) in [6.45, 7) is 9.45. The highest BCUT2D eigenvalue weighted by Crippen LogP contribution is 2.37. The standard InChI is InChI=1S/C16H23ClO3/c1-5-18-14-9-15(19-6-2)13(17)8-12(14)7-10(3)16-11(4)20-16/h8-11,16H,5-7H2,1-4H3. The molecule has 20 heavy (non-hydrogen) atoms. The van der Waals surface area contributed by atoms with Gasteiger partial charge in [-0.2, -0.15) is 0 Å². The molecular weight excluding hydrogens is 276 g/mol. The zero-order valence-corrected chi connectivity index (χ0v) is 13.4. The van der Waals surface area contributed by atoms with Crippen LogP contribution in [0, 0.1) is 5.92 Å². The second-order valence-corrected chi connectivity index (χ2v) is 5.65. The minimum atomic E-state index is 0.356. The van der Waals surface area contributed by atoms with E-state index >= 15 is 0 Å². The molecule has 3 unspecified atom stereocenters. The van der Waals surface area contributed by atoms with E-state index in [1.54, 1.807) is 0 Å². The molecule has 2 rings (SSSR count). The Bertz CT molecular complexity index is 461. The highest BCUT2D eigenvalue weighted by atomic mass is 35.5. The Kier molecular flexibility index (Phi) is 5.17. The summed E-state index contributed by atoms with van der Waals surface area (Å²) in [5.41, 5.74) is 1.12. The highest BCUT2D eigenvalue weighted by Gasteiger charge is 2.39. The van der Waals surface area contributed by atoms with Crippen molar-refractivity contribution >= 4 is 11.6 Å². The lowest BCUT2D eigenvalue weighted by molar-refractivity contribution is 0.311. The number of epoxide rings is 1. The van der Waals surface area contributed by atoms with Gasteiger partial charge in [-0.05, 0) is 44.7 Å². The van der Waals surface area contributed by atoms with Crippen molar-refractivity contribution in [2.75, 3.05) is 13.2 Å². The maximum absolute atomic E-state index is 6.28. The molecule has 0 bridgehead atoms. The van der Waals surface area contributed by atoms with Crippen LogP contribution in [-0.4, -0.2) is 25.4 Å². The van der Waals surface area contributed by atoms with Crippen molar-refractivity contribution in [2.24, 2.45) is 5.92 Å². The third-order valence-corrected chi connectivity index (χ3v) is 3.87. The lowest BCUT2D eigenvalue weighted by Crippen LogP contribution is -2.10. The molecule has 112 valence electrons. The molecule has 0 saturated carbocycles. The van der Waals surface area contributed by atoms with Gasteiger partial charge in [0.25, 0.3) is 0 Å². The highest BCUT2D eigenvalue weighted by molar-refractivity contribution is 6.32. The Morgan fingerprint density at radius 2 is 1.80 bits per heavy atom. The first-order chi connectivity index (χ1) is 9.56. The summed E-state index contributed by atoms with van der Waals surface area (Å²) in [4.78, 5) is 0. The molecule has 0 radical (unpaired) electrons. The van der Waals surface area contributed by atoms with E-state index in [0.29, 0.717) is 42.1 Å². The lowest BCUT2D eigenvalue weighted by Gasteiger charge is -2.16. The fourth-order valence-electron chi connectivity index (χ4n) is 2.55. The molecule has 0 spiro atoms. The summed E-state index contributed by atoms with van der Waals surface area (Å²) in [6.07, 6.45) is 1.63. The van der Waals surface area contributed by atoms with E-state index in [4.69, 9.17) is 25.8 Å². The van der Waals surface area contributed by atoms with Crippen LogP contribution in [0.1, 0.15) is 33.3 Å². The zero-order chi connectivity index (χ0) is 14.7. The van der Waals surface area contributed by atoms with Crippen LogP contribution in [0.15, 0.2) is 12.1 Å². The number of ether oxygens (including phenoxy) is 3. The fraction of sp³-hybridized carbons (Fsp3) is 0.625. The minimum absolute atomic E-state index is 0.356. The maximum Gasteiger partial charge on any atom is 0.141 e. The van der Waals surface area contributed by atoms with E-state index < -0.39 is 0 Å². The summed E-state index contributed by atoms with van der Waals surface area (Å²) in [7, 11) is 0. The van der Waals surface area contributed by atoms with Crippen LogP contribution in [0.5, 0.6) is 11.5 Å². The third kappa shape index (κ3) is 3.58. The third-order valence-electron chi connectivity index (χ3n) is 3.58. The molecule has 1 fully saturated rings. The zero-order valence-electron chi connectivity index (χ0n) is 12.6. The minimum Gasteiger partial charge on any atom is -0.493 e. The molecule has 1 heterocycles. The number of benzene rings is 1. The van der Waals surface area contributed by atoms with E-state index in [0.717, 1.165) is 17.7 Å². The normalized spacial score (nSPS) is 22.4. The van der Waals surface area contributed by atoms with Crippen LogP contribution in [-0.2, 0) is 11.2 Å². The number of hydrogen-bond donors (Lipinski definition) is 0. The van der Waals surface area contributed by atoms with Crippen molar-refractivity contribution in [2.45, 2.75) is 46.3 Å². The molecule has 1 saturated heterocycles. The van der Waals surface area contributed by atoms with Crippen molar-refractivity contribution in [3.8, 4) is 11.5 Å². The molecule has 1 aliphatic rings. The van der Waals surface area contributed by atoms with Crippen LogP contribution in [0.3, 0.4) is 0 Å². The molecule has 3 nitrogen and oxygen atoms in total. The number of rotatable bonds is 7. The fourth-order valence-corrected chi connectivity index (χ4v) is 2.79. The summed E-state index contributed by atoms with van der Waals surface area (Å²) < 4.78 is 16.8. The first-order valence-corrected chi connectivity index (χ1v) is 7.68. The summed E-state index contributed by atoms with van der Waals surface area (Å²) in [6, 6.07) is 3.86. The van der Waals surface area contributed by atoms with Gasteiger partial charge in [0.05, 0.1) is 30.4 Å². The van der Waals surface area contributed by atoms with Gasteiger partial charge >= 0.3 is 0 Å². The smallest absolute Gasteiger partial charge is 0.141 e. The van der Waals surface area contributed by atoms with E-state index in [1.807, 2.05) is 26.0 Å². The molecule has 0 amide bonds. The Morgan fingerprint density at radius 3 is 2.35 bits per heavy atom. The van der Waals surface area contributed by atoms with E-state index in [1.165, 1.54) is 0 Å². The van der Waals surface area contributed by atoms with E-state index in [-0.39, 0.29) is 0 Å². The first-order valence-electron chi connectivity index (χ1n) is 7.30. The van der Waals surface area contributed by atoms with Gasteiger partial charge in [-0.3, -0.25) is 0 Å². The van der Waals surface area contributed by atoms with Crippen molar-refractivity contribution in [3.05, 3.63) is 22.7 Å². The molecule has 3 atom stereocenters. The Balaban J connectivity index is 2.18. The topological polar surface area (TPSA) is 31.0 Å². The quantitative estimate of drug-likeness (QED) is 0.710. The van der Waals surface area contributed by atoms with Gasteiger partial charge in [0.15, 0.2) is 0 Å². The largest absolute Gasteiger partial charge is 0.493 e. The maximum atomic E-state index is 6.28. The van der Waals surface area contributed by atoms with E-state index in [2.05, 4.69) is 13.8 Å². The number of halogens is 1. The lowest BCUT2D eigenvalue weighted by atomic mass is 9.96. The van der Waals surface area contributed by atoms with Crippen LogP contribution in [0.25, 0.3) is 0 Å². The SMILES string of the molecule is CCOc1cc(OCC)c(CC(C)C2OC2C)cc1Cl. The monoisotopic (exact) mass is 298 g/mol. The summed E-state index contributed by atoms with van der Waals surface area (Å²) in [5, 5.41) is 0.641. The van der Waals surface area contributed by atoms with Crippen molar-refractivity contribution in [1.82, 2.24) is 0 Å². The molecular formula is C16H23ClO3. The van der Waals surface area contributed by atoms with Crippen molar-refractivity contribution in [3.63, 3.8) is 0 Å².